The average molecular weight is 281 g/mol. The van der Waals surface area contributed by atoms with E-state index in [-0.39, 0.29) is 29.2 Å². The number of terminal acetylenes is 1. The molecule has 6 nitrogen and oxygen atoms in total. The van der Waals surface area contributed by atoms with Crippen molar-refractivity contribution < 1.29 is 13.2 Å². The number of amides is 1. The van der Waals surface area contributed by atoms with Crippen molar-refractivity contribution in [3.63, 3.8) is 0 Å². The summed E-state index contributed by atoms with van der Waals surface area (Å²) in [5.74, 6) is 1.60. The number of benzene rings is 1. The number of carbonyl (C=O) groups is 1. The summed E-state index contributed by atoms with van der Waals surface area (Å²) in [4.78, 5) is 10.9. The minimum Gasteiger partial charge on any atom is -0.398 e. The van der Waals surface area contributed by atoms with Gasteiger partial charge in [0.05, 0.1) is 12.2 Å². The summed E-state index contributed by atoms with van der Waals surface area (Å²) >= 11 is 0. The lowest BCUT2D eigenvalue weighted by Crippen LogP contribution is -2.31. The van der Waals surface area contributed by atoms with Crippen molar-refractivity contribution in [2.45, 2.75) is 11.8 Å². The van der Waals surface area contributed by atoms with E-state index in [0.29, 0.717) is 0 Å². The number of primary amides is 1. The summed E-state index contributed by atoms with van der Waals surface area (Å²) in [6, 6.07) is 3.80. The normalized spacial score (nSPS) is 11.2. The van der Waals surface area contributed by atoms with Crippen molar-refractivity contribution >= 4 is 21.6 Å². The van der Waals surface area contributed by atoms with E-state index >= 15 is 0 Å². The van der Waals surface area contributed by atoms with E-state index < -0.39 is 15.9 Å². The van der Waals surface area contributed by atoms with Crippen LogP contribution in [0.3, 0.4) is 0 Å². The van der Waals surface area contributed by atoms with Crippen LogP contribution in [0.1, 0.15) is 17.3 Å². The van der Waals surface area contributed by atoms with Gasteiger partial charge in [-0.3, -0.25) is 4.79 Å². The van der Waals surface area contributed by atoms with Crippen LogP contribution in [0.2, 0.25) is 0 Å². The lowest BCUT2D eigenvalue weighted by atomic mass is 10.2. The number of rotatable bonds is 5. The van der Waals surface area contributed by atoms with Crippen molar-refractivity contribution in [3.05, 3.63) is 23.8 Å². The fourth-order valence-electron chi connectivity index (χ4n) is 1.54. The molecule has 1 aromatic carbocycles. The molecule has 0 aromatic heterocycles. The summed E-state index contributed by atoms with van der Waals surface area (Å²) in [5.41, 5.74) is 10.9. The van der Waals surface area contributed by atoms with Crippen LogP contribution >= 0.6 is 0 Å². The maximum atomic E-state index is 12.3. The van der Waals surface area contributed by atoms with Gasteiger partial charge in [0.25, 0.3) is 0 Å². The zero-order valence-corrected chi connectivity index (χ0v) is 11.3. The van der Waals surface area contributed by atoms with Crippen molar-refractivity contribution in [1.29, 1.82) is 0 Å². The Labute approximate surface area is 112 Å². The molecule has 0 aliphatic carbocycles. The zero-order chi connectivity index (χ0) is 14.6. The molecule has 7 heteroatoms. The van der Waals surface area contributed by atoms with Gasteiger partial charge in [-0.15, -0.1) is 6.42 Å². The molecule has 19 heavy (non-hydrogen) atoms. The highest BCUT2D eigenvalue weighted by Gasteiger charge is 2.25. The molecule has 0 radical (unpaired) electrons. The quantitative estimate of drug-likeness (QED) is 0.585. The van der Waals surface area contributed by atoms with Gasteiger partial charge in [-0.25, -0.2) is 8.42 Å². The lowest BCUT2D eigenvalue weighted by molar-refractivity contribution is 0.1000. The third kappa shape index (κ3) is 3.05. The number of hydrogen-bond donors (Lipinski definition) is 2. The number of nitrogen functional groups attached to an aromatic ring is 1. The highest BCUT2D eigenvalue weighted by molar-refractivity contribution is 7.89. The number of nitrogens with two attached hydrogens (primary N) is 2. The van der Waals surface area contributed by atoms with Crippen LogP contribution in [0.5, 0.6) is 0 Å². The molecular formula is C12H15N3O3S. The third-order valence-electron chi connectivity index (χ3n) is 2.53. The Bertz CT molecular complexity index is 632. The van der Waals surface area contributed by atoms with Gasteiger partial charge in [0, 0.05) is 12.1 Å². The van der Waals surface area contributed by atoms with E-state index in [1.165, 1.54) is 18.2 Å². The van der Waals surface area contributed by atoms with Crippen LogP contribution in [0.25, 0.3) is 0 Å². The second-order valence-electron chi connectivity index (χ2n) is 3.75. The predicted molar refractivity (Wildman–Crippen MR) is 72.6 cm³/mol. The summed E-state index contributed by atoms with van der Waals surface area (Å²) < 4.78 is 25.7. The molecule has 1 rings (SSSR count). The Balaban J connectivity index is 3.30. The Hall–Kier alpha value is -2.04. The lowest BCUT2D eigenvalue weighted by Gasteiger charge is -2.19. The minimum atomic E-state index is -3.77. The molecule has 102 valence electrons. The van der Waals surface area contributed by atoms with E-state index in [1.807, 2.05) is 0 Å². The van der Waals surface area contributed by atoms with Gasteiger partial charge in [-0.2, -0.15) is 4.31 Å². The largest absolute Gasteiger partial charge is 0.398 e. The van der Waals surface area contributed by atoms with Crippen LogP contribution in [0.4, 0.5) is 5.69 Å². The van der Waals surface area contributed by atoms with Crippen molar-refractivity contribution in [3.8, 4) is 12.3 Å². The van der Waals surface area contributed by atoms with E-state index in [2.05, 4.69) is 5.92 Å². The number of anilines is 1. The topological polar surface area (TPSA) is 106 Å². The average Bonchev–Trinajstić information content (AvgIpc) is 2.35. The molecule has 0 fully saturated rings. The van der Waals surface area contributed by atoms with Gasteiger partial charge in [-0.05, 0) is 18.2 Å². The van der Waals surface area contributed by atoms with Crippen LogP contribution in [0, 0.1) is 12.3 Å². The van der Waals surface area contributed by atoms with Crippen molar-refractivity contribution in [2.75, 3.05) is 18.8 Å². The minimum absolute atomic E-state index is 0.0354. The number of sulfonamides is 1. The molecule has 4 N–H and O–H groups in total. The molecule has 0 saturated heterocycles. The van der Waals surface area contributed by atoms with Crippen molar-refractivity contribution in [1.82, 2.24) is 4.31 Å². The Morgan fingerprint density at radius 1 is 1.47 bits per heavy atom. The highest BCUT2D eigenvalue weighted by Crippen LogP contribution is 2.23. The second-order valence-corrected chi connectivity index (χ2v) is 5.66. The van der Waals surface area contributed by atoms with Crippen LogP contribution < -0.4 is 11.5 Å². The molecule has 0 bridgehead atoms. The maximum absolute atomic E-state index is 12.3. The number of carbonyl (C=O) groups excluding carboxylic acids is 1. The highest BCUT2D eigenvalue weighted by atomic mass is 32.2. The summed E-state index contributed by atoms with van der Waals surface area (Å²) in [6.45, 7) is 1.85. The standard InChI is InChI=1S/C12H15N3O3S/c1-3-7-15(4-2)19(17,18)11-6-5-9(12(14)16)8-10(11)13/h1,5-6,8H,4,7,13H2,2H3,(H2,14,16). The second kappa shape index (κ2) is 5.73. The maximum Gasteiger partial charge on any atom is 0.248 e. The van der Waals surface area contributed by atoms with Gasteiger partial charge < -0.3 is 11.5 Å². The van der Waals surface area contributed by atoms with E-state index in [1.54, 1.807) is 6.92 Å². The zero-order valence-electron chi connectivity index (χ0n) is 10.5. The van der Waals surface area contributed by atoms with E-state index in [4.69, 9.17) is 17.9 Å². The fourth-order valence-corrected chi connectivity index (χ4v) is 3.00. The van der Waals surface area contributed by atoms with Crippen LogP contribution in [0.15, 0.2) is 23.1 Å². The number of nitrogens with zero attached hydrogens (tertiary/aromatic N) is 1. The Morgan fingerprint density at radius 3 is 2.53 bits per heavy atom. The van der Waals surface area contributed by atoms with Gasteiger partial charge in [0.1, 0.15) is 4.90 Å². The first-order valence-corrected chi connectivity index (χ1v) is 6.91. The van der Waals surface area contributed by atoms with Crippen LogP contribution in [-0.2, 0) is 10.0 Å². The molecule has 0 heterocycles. The van der Waals surface area contributed by atoms with Crippen LogP contribution in [-0.4, -0.2) is 31.7 Å². The molecule has 0 spiro atoms. The first-order chi connectivity index (χ1) is 8.84. The SMILES string of the molecule is C#CCN(CC)S(=O)(=O)c1ccc(C(N)=O)cc1N. The summed E-state index contributed by atoms with van der Waals surface area (Å²) in [5, 5.41) is 0. The van der Waals surface area contributed by atoms with Gasteiger partial charge in [-0.1, -0.05) is 12.8 Å². The van der Waals surface area contributed by atoms with Gasteiger partial charge >= 0.3 is 0 Å². The smallest absolute Gasteiger partial charge is 0.248 e. The molecule has 0 atom stereocenters. The molecule has 1 amide bonds. The molecule has 0 unspecified atom stereocenters. The molecule has 0 aliphatic heterocycles. The summed E-state index contributed by atoms with van der Waals surface area (Å²) in [7, 11) is -3.77. The van der Waals surface area contributed by atoms with Crippen molar-refractivity contribution in [2.24, 2.45) is 5.73 Å². The Kier molecular flexibility index (Phi) is 4.53. The monoisotopic (exact) mass is 281 g/mol. The number of hydrogen-bond acceptors (Lipinski definition) is 4. The summed E-state index contributed by atoms with van der Waals surface area (Å²) in [6.07, 6.45) is 5.13. The molecule has 1 aromatic rings. The predicted octanol–water partition coefficient (Wildman–Crippen LogP) is 0.0115. The third-order valence-corrected chi connectivity index (χ3v) is 4.53. The van der Waals surface area contributed by atoms with Gasteiger partial charge in [0.15, 0.2) is 0 Å². The fraction of sp³-hybridized carbons (Fsp3) is 0.250. The first-order valence-electron chi connectivity index (χ1n) is 5.47. The molecular weight excluding hydrogens is 266 g/mol. The molecule has 0 aliphatic rings. The molecule has 0 saturated carbocycles. The first kappa shape index (κ1) is 15.0. The Morgan fingerprint density at radius 2 is 2.11 bits per heavy atom. The van der Waals surface area contributed by atoms with Gasteiger partial charge in [0.2, 0.25) is 15.9 Å². The van der Waals surface area contributed by atoms with E-state index in [0.717, 1.165) is 4.31 Å². The van der Waals surface area contributed by atoms with E-state index in [9.17, 15) is 13.2 Å².